The van der Waals surface area contributed by atoms with Crippen molar-refractivity contribution in [2.75, 3.05) is 16.8 Å². The molecule has 0 aliphatic carbocycles. The van der Waals surface area contributed by atoms with Crippen molar-refractivity contribution in [1.29, 1.82) is 0 Å². The molecule has 0 bridgehead atoms. The molecule has 0 radical (unpaired) electrons. The van der Waals surface area contributed by atoms with Crippen LogP contribution in [0, 0.1) is 0 Å². The maximum absolute atomic E-state index is 12.6. The molecule has 3 N–H and O–H groups in total. The topological polar surface area (TPSA) is 141 Å². The number of halogens is 3. The van der Waals surface area contributed by atoms with E-state index in [4.69, 9.17) is 5.73 Å². The van der Waals surface area contributed by atoms with Crippen molar-refractivity contribution in [3.05, 3.63) is 48.2 Å². The molecule has 2 heterocycles. The molecule has 1 saturated heterocycles. The highest BCUT2D eigenvalue weighted by atomic mass is 32.2. The first-order valence-corrected chi connectivity index (χ1v) is 11.5. The number of anilines is 2. The van der Waals surface area contributed by atoms with E-state index in [0.29, 0.717) is 5.57 Å². The third-order valence-corrected chi connectivity index (χ3v) is 7.47. The second-order valence-electron chi connectivity index (χ2n) is 6.56. The number of benzene rings is 1. The monoisotopic (exact) mass is 464 g/mol. The van der Waals surface area contributed by atoms with Crippen LogP contribution in [0.3, 0.4) is 0 Å². The Morgan fingerprint density at radius 3 is 2.33 bits per heavy atom. The molecule has 0 saturated carbocycles. The third-order valence-electron chi connectivity index (χ3n) is 4.34. The molecule has 9 nitrogen and oxygen atoms in total. The highest BCUT2D eigenvalue weighted by Gasteiger charge is 2.46. The largest absolute Gasteiger partial charge is 0.501 e. The highest BCUT2D eigenvalue weighted by molar-refractivity contribution is 7.92. The van der Waals surface area contributed by atoms with Crippen LogP contribution in [0.4, 0.5) is 24.7 Å². The van der Waals surface area contributed by atoms with E-state index < -0.39 is 42.0 Å². The Kier molecular flexibility index (Phi) is 5.18. The van der Waals surface area contributed by atoms with Crippen molar-refractivity contribution in [2.24, 2.45) is 5.73 Å². The summed E-state index contributed by atoms with van der Waals surface area (Å²) in [5.41, 5.74) is 0.285. The number of hydrogen-bond donors (Lipinski definition) is 2. The fourth-order valence-corrected chi connectivity index (χ4v) is 5.38. The summed E-state index contributed by atoms with van der Waals surface area (Å²) in [5.74, 6) is -1.44. The van der Waals surface area contributed by atoms with Crippen LogP contribution in [0.1, 0.15) is 16.4 Å². The molecule has 1 atom stereocenters. The molecule has 30 heavy (non-hydrogen) atoms. The van der Waals surface area contributed by atoms with Gasteiger partial charge in [0.1, 0.15) is 5.56 Å². The Morgan fingerprint density at radius 2 is 1.87 bits per heavy atom. The fraction of sp³-hybridized carbons (Fsp3) is 0.250. The van der Waals surface area contributed by atoms with Gasteiger partial charge in [-0.05, 0) is 29.8 Å². The minimum absolute atomic E-state index is 0.0778. The maximum Gasteiger partial charge on any atom is 0.501 e. The molecule has 1 aliphatic rings. The van der Waals surface area contributed by atoms with Crippen LogP contribution in [0.5, 0.6) is 0 Å². The lowest BCUT2D eigenvalue weighted by atomic mass is 10.2. The first kappa shape index (κ1) is 21.8. The van der Waals surface area contributed by atoms with Gasteiger partial charge in [0.25, 0.3) is 15.7 Å². The predicted molar refractivity (Wildman–Crippen MR) is 101 cm³/mol. The highest BCUT2D eigenvalue weighted by Crippen LogP contribution is 2.32. The van der Waals surface area contributed by atoms with Crippen LogP contribution in [-0.4, -0.2) is 49.5 Å². The SMILES string of the molecule is C=C1CS(=O)(=O)C[C@H]1n1cc(C(N)=O)c(Nc2ccc(S(=O)(=O)C(F)(F)F)cc2)n1. The van der Waals surface area contributed by atoms with E-state index in [-0.39, 0.29) is 28.6 Å². The molecule has 3 rings (SSSR count). The summed E-state index contributed by atoms with van der Waals surface area (Å²) < 4.78 is 85.5. The number of nitrogens with one attached hydrogen (secondary N) is 1. The molecule has 0 unspecified atom stereocenters. The summed E-state index contributed by atoms with van der Waals surface area (Å²) in [7, 11) is -8.85. The molecule has 2 aromatic rings. The number of nitrogens with two attached hydrogens (primary N) is 1. The van der Waals surface area contributed by atoms with E-state index >= 15 is 0 Å². The second-order valence-corrected chi connectivity index (χ2v) is 10.6. The van der Waals surface area contributed by atoms with Gasteiger partial charge in [-0.15, -0.1) is 0 Å². The lowest BCUT2D eigenvalue weighted by Crippen LogP contribution is -2.23. The van der Waals surface area contributed by atoms with Gasteiger partial charge in [-0.25, -0.2) is 16.8 Å². The van der Waals surface area contributed by atoms with Crippen LogP contribution in [0.2, 0.25) is 0 Å². The first-order valence-electron chi connectivity index (χ1n) is 8.17. The summed E-state index contributed by atoms with van der Waals surface area (Å²) in [4.78, 5) is 10.8. The van der Waals surface area contributed by atoms with Gasteiger partial charge in [0, 0.05) is 11.9 Å². The Hall–Kier alpha value is -2.87. The van der Waals surface area contributed by atoms with Crippen molar-refractivity contribution >= 4 is 37.1 Å². The van der Waals surface area contributed by atoms with Gasteiger partial charge in [0.2, 0.25) is 0 Å². The van der Waals surface area contributed by atoms with Crippen molar-refractivity contribution in [3.8, 4) is 0 Å². The van der Waals surface area contributed by atoms with Crippen molar-refractivity contribution in [3.63, 3.8) is 0 Å². The molecule has 1 fully saturated rings. The van der Waals surface area contributed by atoms with E-state index in [0.717, 1.165) is 24.3 Å². The Balaban J connectivity index is 1.91. The number of carbonyl (C=O) groups is 1. The summed E-state index contributed by atoms with van der Waals surface area (Å²) in [6.07, 6.45) is 1.24. The molecule has 1 aliphatic heterocycles. The number of aromatic nitrogens is 2. The second kappa shape index (κ2) is 7.12. The number of carbonyl (C=O) groups excluding carboxylic acids is 1. The zero-order valence-corrected chi connectivity index (χ0v) is 16.7. The minimum atomic E-state index is -5.50. The molecule has 0 spiro atoms. The normalized spacial score (nSPS) is 19.0. The number of sulfone groups is 2. The fourth-order valence-electron chi connectivity index (χ4n) is 2.87. The number of rotatable bonds is 5. The van der Waals surface area contributed by atoms with Gasteiger partial charge >= 0.3 is 5.51 Å². The van der Waals surface area contributed by atoms with Gasteiger partial charge in [-0.2, -0.15) is 18.3 Å². The summed E-state index contributed by atoms with van der Waals surface area (Å²) in [6, 6.07) is 2.90. The van der Waals surface area contributed by atoms with Crippen LogP contribution in [0.25, 0.3) is 0 Å². The first-order chi connectivity index (χ1) is 13.7. The van der Waals surface area contributed by atoms with Crippen molar-refractivity contribution in [2.45, 2.75) is 16.4 Å². The predicted octanol–water partition coefficient (Wildman–Crippen LogP) is 1.54. The lowest BCUT2D eigenvalue weighted by Gasteiger charge is -2.10. The average Bonchev–Trinajstić information content (AvgIpc) is 3.14. The van der Waals surface area contributed by atoms with Crippen molar-refractivity contribution in [1.82, 2.24) is 9.78 Å². The van der Waals surface area contributed by atoms with E-state index in [1.165, 1.54) is 10.9 Å². The number of alkyl halides is 3. The van der Waals surface area contributed by atoms with E-state index in [9.17, 15) is 34.8 Å². The number of primary amides is 1. The molecule has 1 aromatic heterocycles. The molecular weight excluding hydrogens is 449 g/mol. The Morgan fingerprint density at radius 1 is 1.27 bits per heavy atom. The van der Waals surface area contributed by atoms with E-state index in [1.54, 1.807) is 0 Å². The van der Waals surface area contributed by atoms with Crippen LogP contribution in [0.15, 0.2) is 47.5 Å². The smallest absolute Gasteiger partial charge is 0.365 e. The number of hydrogen-bond acceptors (Lipinski definition) is 7. The van der Waals surface area contributed by atoms with Crippen molar-refractivity contribution < 1.29 is 34.8 Å². The maximum atomic E-state index is 12.6. The van der Waals surface area contributed by atoms with Gasteiger partial charge < -0.3 is 11.1 Å². The molecular formula is C16H15F3N4O5S2. The van der Waals surface area contributed by atoms with E-state index in [1.807, 2.05) is 0 Å². The minimum Gasteiger partial charge on any atom is -0.365 e. The van der Waals surface area contributed by atoms with Gasteiger partial charge in [0.05, 0.1) is 22.4 Å². The van der Waals surface area contributed by atoms with Gasteiger partial charge in [0.15, 0.2) is 15.7 Å². The summed E-state index contributed by atoms with van der Waals surface area (Å²) >= 11 is 0. The zero-order valence-electron chi connectivity index (χ0n) is 15.0. The van der Waals surface area contributed by atoms with E-state index in [2.05, 4.69) is 17.0 Å². The zero-order chi connectivity index (χ0) is 22.5. The quantitative estimate of drug-likeness (QED) is 0.640. The van der Waals surface area contributed by atoms with Crippen LogP contribution >= 0.6 is 0 Å². The standard InChI is InChI=1S/C16H15F3N4O5S2/c1-9-7-29(25,26)8-13(9)23-6-12(14(20)24)15(22-23)21-10-2-4-11(5-3-10)30(27,28)16(17,18)19/h2-6,13H,1,7-8H2,(H2,20,24)(H,21,22)/t13-/m1/s1. The summed E-state index contributed by atoms with van der Waals surface area (Å²) in [5, 5.41) is 6.78. The van der Waals surface area contributed by atoms with Gasteiger partial charge in [-0.1, -0.05) is 6.58 Å². The Labute approximate surface area is 169 Å². The van der Waals surface area contributed by atoms with Crippen LogP contribution < -0.4 is 11.1 Å². The number of nitrogens with zero attached hydrogens (tertiary/aromatic N) is 2. The average molecular weight is 464 g/mol. The third kappa shape index (κ3) is 4.05. The molecule has 14 heteroatoms. The lowest BCUT2D eigenvalue weighted by molar-refractivity contribution is -0.0436. The van der Waals surface area contributed by atoms with Gasteiger partial charge in [-0.3, -0.25) is 9.48 Å². The molecule has 1 aromatic carbocycles. The summed E-state index contributed by atoms with van der Waals surface area (Å²) in [6.45, 7) is 3.70. The van der Waals surface area contributed by atoms with Crippen LogP contribution in [-0.2, 0) is 19.7 Å². The number of amides is 1. The molecule has 162 valence electrons. The molecule has 1 amide bonds. The Bertz CT molecular complexity index is 1230.